The van der Waals surface area contributed by atoms with E-state index >= 15 is 0 Å². The van der Waals surface area contributed by atoms with Crippen molar-refractivity contribution in [2.24, 2.45) is 0 Å². The minimum absolute atomic E-state index is 0.137. The molecule has 172 valence electrons. The molecule has 9 nitrogen and oxygen atoms in total. The number of benzene rings is 2. The van der Waals surface area contributed by atoms with Gasteiger partial charge in [-0.15, -0.1) is 0 Å². The molecule has 1 amide bonds. The molecule has 0 radical (unpaired) electrons. The largest absolute Gasteiger partial charge is 0.476 e. The summed E-state index contributed by atoms with van der Waals surface area (Å²) in [6.07, 6.45) is 0.00766. The summed E-state index contributed by atoms with van der Waals surface area (Å²) in [6.45, 7) is 0.442. The van der Waals surface area contributed by atoms with Crippen LogP contribution in [0.15, 0.2) is 53.4 Å². The van der Waals surface area contributed by atoms with E-state index in [0.717, 1.165) is 10.6 Å². The van der Waals surface area contributed by atoms with Gasteiger partial charge in [0.2, 0.25) is 20.0 Å². The molecule has 0 saturated carbocycles. The summed E-state index contributed by atoms with van der Waals surface area (Å²) in [5, 5.41) is 0.349. The van der Waals surface area contributed by atoms with Crippen molar-refractivity contribution in [2.75, 3.05) is 43.3 Å². The van der Waals surface area contributed by atoms with Crippen LogP contribution in [0.25, 0.3) is 0 Å². The summed E-state index contributed by atoms with van der Waals surface area (Å²) in [5.41, 5.74) is 0.280. The molecule has 1 saturated heterocycles. The van der Waals surface area contributed by atoms with Crippen LogP contribution in [-0.4, -0.2) is 77.0 Å². The van der Waals surface area contributed by atoms with Gasteiger partial charge in [0.1, 0.15) is 5.75 Å². The Kier molecular flexibility index (Phi) is 6.10. The Morgan fingerprint density at radius 2 is 1.66 bits per heavy atom. The number of hydrogen-bond acceptors (Lipinski definition) is 6. The van der Waals surface area contributed by atoms with Crippen molar-refractivity contribution in [3.8, 4) is 5.75 Å². The van der Waals surface area contributed by atoms with Crippen LogP contribution in [0.2, 0.25) is 5.02 Å². The second-order valence-electron chi connectivity index (χ2n) is 7.56. The molecule has 12 heteroatoms. The number of fused-ring (bicyclic) bond motifs is 1. The zero-order chi connectivity index (χ0) is 23.1. The van der Waals surface area contributed by atoms with Crippen molar-refractivity contribution in [3.05, 3.63) is 53.6 Å². The lowest BCUT2D eigenvalue weighted by Gasteiger charge is -2.39. The third-order valence-corrected chi connectivity index (χ3v) is 8.69. The fourth-order valence-electron chi connectivity index (χ4n) is 3.76. The van der Waals surface area contributed by atoms with Gasteiger partial charge in [-0.1, -0.05) is 29.8 Å². The van der Waals surface area contributed by atoms with Crippen LogP contribution in [0.5, 0.6) is 5.75 Å². The molecule has 2 aromatic rings. The lowest BCUT2D eigenvalue weighted by Crippen LogP contribution is -2.56. The highest BCUT2D eigenvalue weighted by Gasteiger charge is 2.39. The van der Waals surface area contributed by atoms with Gasteiger partial charge in [0.25, 0.3) is 5.91 Å². The van der Waals surface area contributed by atoms with E-state index in [9.17, 15) is 21.6 Å². The van der Waals surface area contributed by atoms with Crippen LogP contribution in [0, 0.1) is 0 Å². The molecule has 2 aliphatic rings. The molecule has 4 rings (SSSR count). The standard InChI is InChI=1S/C20H22ClN3O6S2/c1-31(26,27)24-14-19(30-18-8-7-15(21)13-17(18)24)20(25)22-9-11-23(12-10-22)32(28,29)16-5-3-2-4-6-16/h2-8,13,19H,9-12,14H2,1H3/t19-/m0/s1. The number of carbonyl (C=O) groups excluding carboxylic acids is 1. The smallest absolute Gasteiger partial charge is 0.265 e. The Morgan fingerprint density at radius 1 is 1.00 bits per heavy atom. The summed E-state index contributed by atoms with van der Waals surface area (Å²) >= 11 is 6.00. The molecule has 0 spiro atoms. The number of rotatable bonds is 4. The van der Waals surface area contributed by atoms with Crippen LogP contribution in [0.1, 0.15) is 0 Å². The summed E-state index contributed by atoms with van der Waals surface area (Å²) < 4.78 is 58.5. The van der Waals surface area contributed by atoms with Gasteiger partial charge in [-0.05, 0) is 30.3 Å². The molecule has 2 aliphatic heterocycles. The second-order valence-corrected chi connectivity index (χ2v) is 11.8. The molecule has 1 atom stereocenters. The first-order valence-electron chi connectivity index (χ1n) is 9.85. The van der Waals surface area contributed by atoms with Crippen molar-refractivity contribution in [1.82, 2.24) is 9.21 Å². The average Bonchev–Trinajstić information content (AvgIpc) is 2.78. The minimum atomic E-state index is -3.68. The molecule has 0 N–H and O–H groups in total. The molecular weight excluding hydrogens is 478 g/mol. The Labute approximate surface area is 192 Å². The topological polar surface area (TPSA) is 104 Å². The maximum atomic E-state index is 13.1. The minimum Gasteiger partial charge on any atom is -0.476 e. The van der Waals surface area contributed by atoms with E-state index in [1.807, 2.05) is 0 Å². The van der Waals surface area contributed by atoms with E-state index in [1.165, 1.54) is 33.5 Å². The van der Waals surface area contributed by atoms with E-state index in [-0.39, 0.29) is 49.1 Å². The fourth-order valence-corrected chi connectivity index (χ4v) is 6.28. The van der Waals surface area contributed by atoms with Crippen LogP contribution in [0.4, 0.5) is 5.69 Å². The quantitative estimate of drug-likeness (QED) is 0.629. The zero-order valence-corrected chi connectivity index (χ0v) is 19.6. The lowest BCUT2D eigenvalue weighted by molar-refractivity contribution is -0.139. The van der Waals surface area contributed by atoms with E-state index in [2.05, 4.69) is 0 Å². The number of nitrogens with zero attached hydrogens (tertiary/aromatic N) is 3. The van der Waals surface area contributed by atoms with Crippen molar-refractivity contribution in [3.63, 3.8) is 0 Å². The van der Waals surface area contributed by atoms with Crippen LogP contribution in [-0.2, 0) is 24.8 Å². The average molecular weight is 500 g/mol. The second kappa shape index (κ2) is 8.54. The molecule has 0 unspecified atom stereocenters. The van der Waals surface area contributed by atoms with E-state index in [1.54, 1.807) is 24.3 Å². The van der Waals surface area contributed by atoms with Crippen LogP contribution >= 0.6 is 11.6 Å². The highest BCUT2D eigenvalue weighted by atomic mass is 35.5. The van der Waals surface area contributed by atoms with Gasteiger partial charge in [0, 0.05) is 31.2 Å². The molecule has 2 heterocycles. The molecule has 32 heavy (non-hydrogen) atoms. The normalized spacial score (nSPS) is 19.9. The van der Waals surface area contributed by atoms with Gasteiger partial charge in [0.05, 0.1) is 23.4 Å². The lowest BCUT2D eigenvalue weighted by atomic mass is 10.2. The van der Waals surface area contributed by atoms with Crippen molar-refractivity contribution < 1.29 is 26.4 Å². The maximum Gasteiger partial charge on any atom is 0.265 e. The highest BCUT2D eigenvalue weighted by molar-refractivity contribution is 7.92. The number of amides is 1. The number of ether oxygens (including phenoxy) is 1. The van der Waals surface area contributed by atoms with Crippen LogP contribution in [0.3, 0.4) is 0 Å². The first-order chi connectivity index (χ1) is 15.1. The van der Waals surface area contributed by atoms with E-state index in [0.29, 0.717) is 5.02 Å². The molecule has 0 aromatic heterocycles. The summed E-state index contributed by atoms with van der Waals surface area (Å²) in [4.78, 5) is 14.8. The van der Waals surface area contributed by atoms with Crippen molar-refractivity contribution in [1.29, 1.82) is 0 Å². The van der Waals surface area contributed by atoms with Crippen LogP contribution < -0.4 is 9.04 Å². The third kappa shape index (κ3) is 4.42. The zero-order valence-electron chi connectivity index (χ0n) is 17.2. The van der Waals surface area contributed by atoms with Crippen molar-refractivity contribution >= 4 is 43.2 Å². The Morgan fingerprint density at radius 3 is 2.28 bits per heavy atom. The fraction of sp³-hybridized carbons (Fsp3) is 0.350. The molecule has 0 aliphatic carbocycles. The number of piperazine rings is 1. The predicted octanol–water partition coefficient (Wildman–Crippen LogP) is 1.40. The van der Waals surface area contributed by atoms with E-state index in [4.69, 9.17) is 16.3 Å². The summed E-state index contributed by atoms with van der Waals surface area (Å²) in [5.74, 6) is -0.147. The highest BCUT2D eigenvalue weighted by Crippen LogP contribution is 2.37. The van der Waals surface area contributed by atoms with Gasteiger partial charge < -0.3 is 9.64 Å². The van der Waals surface area contributed by atoms with Gasteiger partial charge in [0.15, 0.2) is 6.10 Å². The van der Waals surface area contributed by atoms with Gasteiger partial charge in [-0.2, -0.15) is 4.31 Å². The van der Waals surface area contributed by atoms with Crippen molar-refractivity contribution in [2.45, 2.75) is 11.0 Å². The van der Waals surface area contributed by atoms with Gasteiger partial charge in [-0.3, -0.25) is 9.10 Å². The van der Waals surface area contributed by atoms with Gasteiger partial charge >= 0.3 is 0 Å². The van der Waals surface area contributed by atoms with Gasteiger partial charge in [-0.25, -0.2) is 16.8 Å². The molecular formula is C20H22ClN3O6S2. The monoisotopic (exact) mass is 499 g/mol. The SMILES string of the molecule is CS(=O)(=O)N1C[C@@H](C(=O)N2CCN(S(=O)(=O)c3ccccc3)CC2)Oc2ccc(Cl)cc21. The third-order valence-electron chi connectivity index (χ3n) is 5.40. The first-order valence-corrected chi connectivity index (χ1v) is 13.5. The molecule has 0 bridgehead atoms. The first kappa shape index (κ1) is 22.8. The number of carbonyl (C=O) groups is 1. The summed E-state index contributed by atoms with van der Waals surface area (Å²) in [6, 6.07) is 12.7. The molecule has 1 fully saturated rings. The number of hydrogen-bond donors (Lipinski definition) is 0. The Hall–Kier alpha value is -2.34. The molecule has 2 aromatic carbocycles. The number of halogens is 1. The Balaban J connectivity index is 1.48. The van der Waals surface area contributed by atoms with E-state index < -0.39 is 32.1 Å². The number of anilines is 1. The maximum absolute atomic E-state index is 13.1. The predicted molar refractivity (Wildman–Crippen MR) is 120 cm³/mol. The number of sulfonamides is 2. The summed E-state index contributed by atoms with van der Waals surface area (Å²) in [7, 11) is -7.32. The Bertz CT molecular complexity index is 1230.